The van der Waals surface area contributed by atoms with Gasteiger partial charge in [-0.1, -0.05) is 66.7 Å². The molecule has 0 aliphatic carbocycles. The lowest BCUT2D eigenvalue weighted by Gasteiger charge is -2.17. The highest BCUT2D eigenvalue weighted by Crippen LogP contribution is 2.22. The van der Waals surface area contributed by atoms with Crippen molar-refractivity contribution < 1.29 is 0 Å². The molecule has 0 amide bonds. The van der Waals surface area contributed by atoms with Crippen molar-refractivity contribution in [1.29, 1.82) is 0 Å². The van der Waals surface area contributed by atoms with Crippen LogP contribution < -0.4 is 0 Å². The van der Waals surface area contributed by atoms with Gasteiger partial charge >= 0.3 is 0 Å². The normalized spacial score (nSPS) is 12.5. The molecule has 0 heterocycles. The van der Waals surface area contributed by atoms with E-state index in [0.29, 0.717) is 11.3 Å². The molecule has 0 aromatic rings. The van der Waals surface area contributed by atoms with Crippen LogP contribution in [0.5, 0.6) is 0 Å². The molecule has 0 rings (SSSR count). The van der Waals surface area contributed by atoms with Gasteiger partial charge in [-0.15, -0.1) is 0 Å². The van der Waals surface area contributed by atoms with Crippen LogP contribution >= 0.6 is 0 Å². The molecule has 0 nitrogen and oxygen atoms in total. The highest BCUT2D eigenvalue weighted by Gasteiger charge is 2.08. The predicted octanol–water partition coefficient (Wildman–Crippen LogP) is 4.84. The predicted molar refractivity (Wildman–Crippen MR) is 61.7 cm³/mol. The topological polar surface area (TPSA) is 0 Å². The van der Waals surface area contributed by atoms with Crippen LogP contribution in [0.15, 0.2) is 0 Å². The summed E-state index contributed by atoms with van der Waals surface area (Å²) < 4.78 is 0. The minimum Gasteiger partial charge on any atom is -0.0625 e. The highest BCUT2D eigenvalue weighted by atomic mass is 14.1. The first-order chi connectivity index (χ1) is 5.92. The van der Waals surface area contributed by atoms with Gasteiger partial charge in [0.25, 0.3) is 0 Å². The molecule has 0 saturated heterocycles. The number of hydrogen-bond donors (Lipinski definition) is 0. The second kappa shape index (κ2) is 6.45. The Morgan fingerprint density at radius 3 is 2.00 bits per heavy atom. The van der Waals surface area contributed by atoms with Crippen LogP contribution in [0.25, 0.3) is 0 Å². The summed E-state index contributed by atoms with van der Waals surface area (Å²) in [6.07, 6.45) is 8.24. The Balaban J connectivity index is 3.09. The molecule has 13 heavy (non-hydrogen) atoms. The Hall–Kier alpha value is 0. The lowest BCUT2D eigenvalue weighted by Crippen LogP contribution is -2.03. The summed E-state index contributed by atoms with van der Waals surface area (Å²) in [5.74, 6) is 0.641. The summed E-state index contributed by atoms with van der Waals surface area (Å²) in [7, 11) is 0. The Labute approximate surface area is 85.1 Å². The van der Waals surface area contributed by atoms with Gasteiger partial charge in [0.15, 0.2) is 0 Å². The lowest BCUT2D eigenvalue weighted by molar-refractivity contribution is 0.356. The fraction of sp³-hybridized carbons (Fsp3) is 0.923. The summed E-state index contributed by atoms with van der Waals surface area (Å²) >= 11 is 0. The smallest absolute Gasteiger partial charge is 0.0383 e. The van der Waals surface area contributed by atoms with Crippen LogP contribution in [0.1, 0.15) is 66.2 Å². The number of hydrogen-bond acceptors (Lipinski definition) is 0. The number of rotatable bonds is 6. The zero-order valence-corrected chi connectivity index (χ0v) is 10.0. The monoisotopic (exact) mass is 183 g/mol. The van der Waals surface area contributed by atoms with Crippen LogP contribution in [-0.4, -0.2) is 0 Å². The van der Waals surface area contributed by atoms with Crippen molar-refractivity contribution >= 4 is 0 Å². The molecule has 79 valence electrons. The molecule has 0 fully saturated rings. The highest BCUT2D eigenvalue weighted by molar-refractivity contribution is 4.61. The molecule has 0 spiro atoms. The molecule has 1 unspecified atom stereocenters. The van der Waals surface area contributed by atoms with Gasteiger partial charge in [0.1, 0.15) is 0 Å². The minimum absolute atomic E-state index is 0.527. The lowest BCUT2D eigenvalue weighted by atomic mass is 9.89. The van der Waals surface area contributed by atoms with Gasteiger partial charge in [0.05, 0.1) is 0 Å². The van der Waals surface area contributed by atoms with Gasteiger partial charge in [-0.3, -0.25) is 0 Å². The Morgan fingerprint density at radius 1 is 1.00 bits per heavy atom. The van der Waals surface area contributed by atoms with Gasteiger partial charge in [0.2, 0.25) is 0 Å². The fourth-order valence-corrected chi connectivity index (χ4v) is 1.50. The van der Waals surface area contributed by atoms with Crippen molar-refractivity contribution in [1.82, 2.24) is 0 Å². The van der Waals surface area contributed by atoms with E-state index in [-0.39, 0.29) is 0 Å². The Morgan fingerprint density at radius 2 is 1.54 bits per heavy atom. The van der Waals surface area contributed by atoms with E-state index in [1.54, 1.807) is 0 Å². The van der Waals surface area contributed by atoms with Crippen molar-refractivity contribution in [2.24, 2.45) is 11.3 Å². The Kier molecular flexibility index (Phi) is 6.45. The van der Waals surface area contributed by atoms with Crippen LogP contribution in [0.2, 0.25) is 0 Å². The van der Waals surface area contributed by atoms with Gasteiger partial charge in [0, 0.05) is 0 Å². The summed E-state index contributed by atoms with van der Waals surface area (Å²) in [5, 5.41) is 0. The van der Waals surface area contributed by atoms with E-state index in [0.717, 1.165) is 0 Å². The fourth-order valence-electron chi connectivity index (χ4n) is 1.50. The molecule has 0 aromatic carbocycles. The molecule has 0 heteroatoms. The average molecular weight is 183 g/mol. The summed E-state index contributed by atoms with van der Waals surface area (Å²) in [5.41, 5.74) is 0.527. The van der Waals surface area contributed by atoms with Crippen molar-refractivity contribution in [3.63, 3.8) is 0 Å². The molecule has 0 aliphatic rings. The van der Waals surface area contributed by atoms with Gasteiger partial charge < -0.3 is 0 Å². The molecular formula is C13H27. The first-order valence-corrected chi connectivity index (χ1v) is 5.75. The van der Waals surface area contributed by atoms with E-state index in [1.807, 2.05) is 0 Å². The molecular weight excluding hydrogens is 156 g/mol. The second-order valence-electron chi connectivity index (χ2n) is 5.62. The molecule has 0 saturated carbocycles. The van der Waals surface area contributed by atoms with E-state index in [4.69, 9.17) is 0 Å². The van der Waals surface area contributed by atoms with Crippen molar-refractivity contribution in [3.8, 4) is 0 Å². The third kappa shape index (κ3) is 12.0. The molecule has 1 atom stereocenters. The first kappa shape index (κ1) is 13.0. The van der Waals surface area contributed by atoms with Gasteiger partial charge in [-0.25, -0.2) is 0 Å². The van der Waals surface area contributed by atoms with Crippen molar-refractivity contribution in [3.05, 3.63) is 6.92 Å². The van der Waals surface area contributed by atoms with E-state index < -0.39 is 0 Å². The van der Waals surface area contributed by atoms with Crippen LogP contribution in [0.3, 0.4) is 0 Å². The zero-order valence-electron chi connectivity index (χ0n) is 10.0. The Bertz CT molecular complexity index is 106. The maximum atomic E-state index is 4.00. The molecule has 0 aliphatic heterocycles. The van der Waals surface area contributed by atoms with E-state index >= 15 is 0 Å². The molecule has 0 bridgehead atoms. The van der Waals surface area contributed by atoms with Crippen molar-refractivity contribution in [2.75, 3.05) is 0 Å². The van der Waals surface area contributed by atoms with Crippen LogP contribution in [0, 0.1) is 18.3 Å². The van der Waals surface area contributed by atoms with Gasteiger partial charge in [-0.2, -0.15) is 0 Å². The van der Waals surface area contributed by atoms with Crippen LogP contribution in [-0.2, 0) is 0 Å². The first-order valence-electron chi connectivity index (χ1n) is 5.75. The van der Waals surface area contributed by atoms with E-state index in [9.17, 15) is 0 Å². The minimum atomic E-state index is 0.527. The van der Waals surface area contributed by atoms with E-state index in [1.165, 1.54) is 38.5 Å². The average Bonchev–Trinajstić information content (AvgIpc) is 1.93. The zero-order chi connectivity index (χ0) is 10.3. The van der Waals surface area contributed by atoms with Gasteiger partial charge in [-0.05, 0) is 17.8 Å². The van der Waals surface area contributed by atoms with Crippen LogP contribution in [0.4, 0.5) is 0 Å². The maximum absolute atomic E-state index is 4.00. The van der Waals surface area contributed by atoms with Crippen molar-refractivity contribution in [2.45, 2.75) is 66.2 Å². The quantitative estimate of drug-likeness (QED) is 0.517. The standard InChI is InChI=1S/C13H27/c1-12(2)10-8-6-7-9-11-13(3,4)5/h12H,1,6-11H2,2-5H3. The molecule has 1 radical (unpaired) electrons. The third-order valence-corrected chi connectivity index (χ3v) is 2.37. The summed E-state index contributed by atoms with van der Waals surface area (Å²) in [6, 6.07) is 0. The summed E-state index contributed by atoms with van der Waals surface area (Å²) in [4.78, 5) is 0. The molecule has 0 N–H and O–H groups in total. The largest absolute Gasteiger partial charge is 0.0625 e. The second-order valence-corrected chi connectivity index (χ2v) is 5.62. The number of unbranched alkanes of at least 4 members (excludes halogenated alkanes) is 3. The SMILES string of the molecule is [CH2]C(C)CCCCCCC(C)(C)C. The summed E-state index contributed by atoms with van der Waals surface area (Å²) in [6.45, 7) is 13.2. The van der Waals surface area contributed by atoms with E-state index in [2.05, 4.69) is 34.6 Å². The molecule has 0 aromatic heterocycles. The maximum Gasteiger partial charge on any atom is -0.0383 e. The third-order valence-electron chi connectivity index (χ3n) is 2.37.